The molecule has 0 spiro atoms. The van der Waals surface area contributed by atoms with Crippen molar-refractivity contribution < 1.29 is 9.53 Å². The number of carbonyl (C=O) groups excluding carboxylic acids is 1. The Labute approximate surface area is 166 Å². The summed E-state index contributed by atoms with van der Waals surface area (Å²) in [5.74, 6) is 1.44. The van der Waals surface area contributed by atoms with Gasteiger partial charge in [-0.1, -0.05) is 64.4 Å². The van der Waals surface area contributed by atoms with E-state index in [1.165, 1.54) is 18.4 Å². The van der Waals surface area contributed by atoms with Gasteiger partial charge in [-0.05, 0) is 48.5 Å². The van der Waals surface area contributed by atoms with Crippen molar-refractivity contribution in [1.82, 2.24) is 4.90 Å². The summed E-state index contributed by atoms with van der Waals surface area (Å²) in [5.41, 5.74) is 1.51. The lowest BCUT2D eigenvalue weighted by atomic mass is 9.69. The van der Waals surface area contributed by atoms with Crippen LogP contribution in [0.15, 0.2) is 30.3 Å². The van der Waals surface area contributed by atoms with E-state index in [1.54, 1.807) is 6.92 Å². The van der Waals surface area contributed by atoms with Gasteiger partial charge >= 0.3 is 0 Å². The van der Waals surface area contributed by atoms with E-state index in [4.69, 9.17) is 4.74 Å². The number of benzene rings is 1. The van der Waals surface area contributed by atoms with Gasteiger partial charge in [-0.25, -0.2) is 0 Å². The van der Waals surface area contributed by atoms with Crippen LogP contribution in [0, 0.1) is 17.3 Å². The maximum atomic E-state index is 12.3. The third-order valence-corrected chi connectivity index (χ3v) is 6.17. The van der Waals surface area contributed by atoms with Crippen LogP contribution in [0.25, 0.3) is 0 Å². The van der Waals surface area contributed by atoms with Crippen molar-refractivity contribution in [3.05, 3.63) is 35.9 Å². The molecule has 0 unspecified atom stereocenters. The van der Waals surface area contributed by atoms with Crippen molar-refractivity contribution in [2.24, 2.45) is 17.3 Å². The number of ether oxygens (including phenoxy) is 1. The molecule has 1 fully saturated rings. The molecule has 1 aliphatic rings. The van der Waals surface area contributed by atoms with Crippen LogP contribution in [-0.4, -0.2) is 30.1 Å². The Morgan fingerprint density at radius 2 is 1.89 bits per heavy atom. The summed E-state index contributed by atoms with van der Waals surface area (Å²) < 4.78 is 6.07. The zero-order chi connectivity index (χ0) is 19.9. The number of amides is 1. The number of hydrogen-bond acceptors (Lipinski definition) is 2. The molecule has 2 rings (SSSR count). The van der Waals surface area contributed by atoms with Gasteiger partial charge < -0.3 is 9.64 Å². The average Bonchev–Trinajstić information content (AvgIpc) is 2.64. The van der Waals surface area contributed by atoms with E-state index in [0.29, 0.717) is 24.0 Å². The molecular weight excluding hydrogens is 334 g/mol. The van der Waals surface area contributed by atoms with Crippen molar-refractivity contribution in [3.8, 4) is 0 Å². The molecule has 1 amide bonds. The normalized spacial score (nSPS) is 23.0. The van der Waals surface area contributed by atoms with Crippen LogP contribution in [0.3, 0.4) is 0 Å². The van der Waals surface area contributed by atoms with Gasteiger partial charge in [-0.2, -0.15) is 0 Å². The van der Waals surface area contributed by atoms with Gasteiger partial charge in [0.25, 0.3) is 0 Å². The molecule has 0 N–H and O–H groups in total. The first kappa shape index (κ1) is 21.9. The van der Waals surface area contributed by atoms with Crippen LogP contribution >= 0.6 is 0 Å². The first-order valence-electron chi connectivity index (χ1n) is 10.7. The Morgan fingerprint density at radius 3 is 2.48 bits per heavy atom. The number of carbonyl (C=O) groups is 1. The summed E-state index contributed by atoms with van der Waals surface area (Å²) in [6.07, 6.45) is 6.19. The Morgan fingerprint density at radius 1 is 1.19 bits per heavy atom. The Kier molecular flexibility index (Phi) is 8.34. The molecule has 0 aliphatic carbocycles. The molecule has 152 valence electrons. The van der Waals surface area contributed by atoms with E-state index < -0.39 is 0 Å². The van der Waals surface area contributed by atoms with E-state index in [0.717, 1.165) is 38.3 Å². The minimum Gasteiger partial charge on any atom is -0.378 e. The Hall–Kier alpha value is -1.35. The topological polar surface area (TPSA) is 29.5 Å². The van der Waals surface area contributed by atoms with Crippen LogP contribution in [0.5, 0.6) is 0 Å². The van der Waals surface area contributed by atoms with Gasteiger partial charge in [-0.15, -0.1) is 0 Å². The van der Waals surface area contributed by atoms with E-state index in [2.05, 4.69) is 39.8 Å². The van der Waals surface area contributed by atoms with Gasteiger partial charge in [0.15, 0.2) is 0 Å². The predicted molar refractivity (Wildman–Crippen MR) is 112 cm³/mol. The van der Waals surface area contributed by atoms with Gasteiger partial charge in [0, 0.05) is 26.6 Å². The molecule has 3 heteroatoms. The third-order valence-electron chi connectivity index (χ3n) is 6.17. The summed E-state index contributed by atoms with van der Waals surface area (Å²) in [6, 6.07) is 10.3. The van der Waals surface area contributed by atoms with Crippen LogP contribution < -0.4 is 0 Å². The second-order valence-electron chi connectivity index (χ2n) is 9.22. The lowest BCUT2D eigenvalue weighted by Gasteiger charge is -2.44. The Balaban J connectivity index is 2.07. The maximum Gasteiger partial charge on any atom is 0.219 e. The van der Waals surface area contributed by atoms with Crippen molar-refractivity contribution in [2.45, 2.75) is 79.4 Å². The number of hydrogen-bond donors (Lipinski definition) is 0. The average molecular weight is 374 g/mol. The van der Waals surface area contributed by atoms with Gasteiger partial charge in [0.1, 0.15) is 0 Å². The van der Waals surface area contributed by atoms with E-state index in [9.17, 15) is 4.79 Å². The fourth-order valence-electron chi connectivity index (χ4n) is 4.14. The first-order chi connectivity index (χ1) is 12.8. The fourth-order valence-corrected chi connectivity index (χ4v) is 4.14. The molecule has 27 heavy (non-hydrogen) atoms. The van der Waals surface area contributed by atoms with Crippen molar-refractivity contribution >= 4 is 5.91 Å². The first-order valence-corrected chi connectivity index (χ1v) is 10.7. The monoisotopic (exact) mass is 373 g/mol. The summed E-state index contributed by atoms with van der Waals surface area (Å²) in [6.45, 7) is 13.3. The molecule has 1 saturated heterocycles. The molecule has 0 bridgehead atoms. The van der Waals surface area contributed by atoms with Gasteiger partial charge in [0.05, 0.1) is 6.10 Å². The molecule has 3 nitrogen and oxygen atoms in total. The highest BCUT2D eigenvalue weighted by molar-refractivity contribution is 5.73. The van der Waals surface area contributed by atoms with Crippen molar-refractivity contribution in [1.29, 1.82) is 0 Å². The van der Waals surface area contributed by atoms with Crippen LogP contribution in [0.4, 0.5) is 0 Å². The summed E-state index contributed by atoms with van der Waals surface area (Å²) in [4.78, 5) is 14.3. The lowest BCUT2D eigenvalue weighted by molar-refractivity contribution is -0.130. The molecular formula is C24H39NO2. The third kappa shape index (κ3) is 6.95. The molecule has 2 atom stereocenters. The highest BCUT2D eigenvalue weighted by atomic mass is 16.5. The molecule has 0 saturated carbocycles. The fraction of sp³-hybridized carbons (Fsp3) is 0.708. The molecule has 1 aromatic rings. The van der Waals surface area contributed by atoms with Crippen LogP contribution in [-0.2, 0) is 16.1 Å². The van der Waals surface area contributed by atoms with Gasteiger partial charge in [0.2, 0.25) is 5.91 Å². The number of rotatable bonds is 9. The van der Waals surface area contributed by atoms with Gasteiger partial charge in [-0.3, -0.25) is 4.79 Å². The van der Waals surface area contributed by atoms with E-state index >= 15 is 0 Å². The summed E-state index contributed by atoms with van der Waals surface area (Å²) >= 11 is 0. The molecule has 0 aromatic heterocycles. The summed E-state index contributed by atoms with van der Waals surface area (Å²) in [5, 5.41) is 0. The summed E-state index contributed by atoms with van der Waals surface area (Å²) in [7, 11) is 0. The predicted octanol–water partition coefficient (Wildman–Crippen LogP) is 5.68. The molecule has 1 heterocycles. The maximum absolute atomic E-state index is 12.3. The van der Waals surface area contributed by atoms with E-state index in [-0.39, 0.29) is 5.91 Å². The largest absolute Gasteiger partial charge is 0.378 e. The smallest absolute Gasteiger partial charge is 0.219 e. The minimum atomic E-state index is 0.172. The standard InChI is InChI=1S/C24H39NO2/c1-19(2)11-12-24(14-16-27-23(17-24)20(3)4)13-15-25(21(5)26)18-22-9-7-6-8-10-22/h6-10,19-20,23H,11-18H2,1-5H3/t23-,24-/m0/s1. The second-order valence-corrected chi connectivity index (χ2v) is 9.22. The highest BCUT2D eigenvalue weighted by Crippen LogP contribution is 2.43. The Bertz CT molecular complexity index is 569. The second kappa shape index (κ2) is 10.3. The van der Waals surface area contributed by atoms with Crippen LogP contribution in [0.1, 0.15) is 72.3 Å². The van der Waals surface area contributed by atoms with Crippen LogP contribution in [0.2, 0.25) is 0 Å². The zero-order valence-corrected chi connectivity index (χ0v) is 18.0. The molecule has 1 aliphatic heterocycles. The minimum absolute atomic E-state index is 0.172. The molecule has 1 aromatic carbocycles. The van der Waals surface area contributed by atoms with E-state index in [1.807, 2.05) is 23.1 Å². The SMILES string of the molecule is CC(=O)N(CC[C@@]1(CCC(C)C)CCO[C@H](C(C)C)C1)Cc1ccccc1. The lowest BCUT2D eigenvalue weighted by Crippen LogP contribution is -2.41. The molecule has 0 radical (unpaired) electrons. The zero-order valence-electron chi connectivity index (χ0n) is 18.0. The van der Waals surface area contributed by atoms with Crippen molar-refractivity contribution in [2.75, 3.05) is 13.2 Å². The highest BCUT2D eigenvalue weighted by Gasteiger charge is 2.38. The quantitative estimate of drug-likeness (QED) is 0.557. The number of nitrogens with zero attached hydrogens (tertiary/aromatic N) is 1. The van der Waals surface area contributed by atoms with Crippen molar-refractivity contribution in [3.63, 3.8) is 0 Å².